The summed E-state index contributed by atoms with van der Waals surface area (Å²) in [6, 6.07) is 11.1. The standard InChI is InChI=1S/C21H31N3OS/c1-25-20-11-4-6-15(14-20)22-21(26)23-16-12-18-9-5-10-19(13-16)24(18)17-7-2-3-8-17/h4,6,11,14,16-19H,2-3,5,7-10,12-13H2,1H3,(H2,22,23,26)/p+1/t18-,19-/m1/s1. The summed E-state index contributed by atoms with van der Waals surface area (Å²) < 4.78 is 5.29. The van der Waals surface area contributed by atoms with E-state index in [4.69, 9.17) is 17.0 Å². The van der Waals surface area contributed by atoms with Gasteiger partial charge in [0.15, 0.2) is 5.11 Å². The summed E-state index contributed by atoms with van der Waals surface area (Å²) in [6.07, 6.45) is 12.6. The Morgan fingerprint density at radius 1 is 1.04 bits per heavy atom. The lowest BCUT2D eigenvalue weighted by atomic mass is 9.80. The lowest BCUT2D eigenvalue weighted by Crippen LogP contribution is -3.24. The highest BCUT2D eigenvalue weighted by Crippen LogP contribution is 2.26. The number of ether oxygens (including phenoxy) is 1. The molecule has 5 heteroatoms. The number of fused-ring (bicyclic) bond motifs is 2. The summed E-state index contributed by atoms with van der Waals surface area (Å²) in [5.74, 6) is 0.848. The van der Waals surface area contributed by atoms with Crippen LogP contribution in [0.2, 0.25) is 0 Å². The number of benzene rings is 1. The first-order valence-electron chi connectivity index (χ1n) is 10.3. The Hall–Kier alpha value is -1.33. The fourth-order valence-electron chi connectivity index (χ4n) is 5.67. The molecule has 2 saturated heterocycles. The Morgan fingerprint density at radius 3 is 2.42 bits per heavy atom. The van der Waals surface area contributed by atoms with Crippen LogP contribution in [0.4, 0.5) is 5.69 Å². The zero-order chi connectivity index (χ0) is 17.9. The monoisotopic (exact) mass is 374 g/mol. The van der Waals surface area contributed by atoms with Gasteiger partial charge >= 0.3 is 0 Å². The summed E-state index contributed by atoms with van der Waals surface area (Å²) >= 11 is 5.59. The van der Waals surface area contributed by atoms with Gasteiger partial charge in [0.2, 0.25) is 0 Å². The average Bonchev–Trinajstić information content (AvgIpc) is 3.15. The van der Waals surface area contributed by atoms with E-state index in [2.05, 4.69) is 10.6 Å². The molecule has 2 aliphatic heterocycles. The first-order chi connectivity index (χ1) is 12.7. The van der Waals surface area contributed by atoms with E-state index in [0.717, 1.165) is 34.7 Å². The molecule has 142 valence electrons. The molecule has 2 atom stereocenters. The van der Waals surface area contributed by atoms with Gasteiger partial charge in [-0.1, -0.05) is 6.07 Å². The molecule has 4 nitrogen and oxygen atoms in total. The minimum Gasteiger partial charge on any atom is -0.497 e. The molecule has 2 bridgehead atoms. The van der Waals surface area contributed by atoms with E-state index in [1.807, 2.05) is 29.2 Å². The van der Waals surface area contributed by atoms with Gasteiger partial charge in [0.1, 0.15) is 5.75 Å². The molecule has 0 aromatic heterocycles. The number of rotatable bonds is 4. The van der Waals surface area contributed by atoms with Crippen LogP contribution in [0, 0.1) is 0 Å². The Bertz CT molecular complexity index is 617. The van der Waals surface area contributed by atoms with Crippen molar-refractivity contribution in [3.8, 4) is 5.75 Å². The highest BCUT2D eigenvalue weighted by atomic mass is 32.1. The average molecular weight is 375 g/mol. The second-order valence-corrected chi connectivity index (χ2v) is 8.71. The van der Waals surface area contributed by atoms with Gasteiger partial charge in [-0.3, -0.25) is 0 Å². The van der Waals surface area contributed by atoms with Crippen molar-refractivity contribution in [1.29, 1.82) is 0 Å². The lowest BCUT2D eigenvalue weighted by molar-refractivity contribution is -0.982. The minimum atomic E-state index is 0.515. The Kier molecular flexibility index (Phi) is 5.65. The molecule has 3 N–H and O–H groups in total. The molecular formula is C21H32N3OS+. The van der Waals surface area contributed by atoms with Gasteiger partial charge < -0.3 is 20.3 Å². The maximum Gasteiger partial charge on any atom is 0.171 e. The molecule has 0 spiro atoms. The highest BCUT2D eigenvalue weighted by Gasteiger charge is 2.45. The lowest BCUT2D eigenvalue weighted by Gasteiger charge is -2.48. The number of anilines is 1. The minimum absolute atomic E-state index is 0.515. The number of thiocarbonyl (C=S) groups is 1. The third-order valence-electron chi connectivity index (χ3n) is 6.68. The van der Waals surface area contributed by atoms with Crippen LogP contribution in [0.3, 0.4) is 0 Å². The van der Waals surface area contributed by atoms with Crippen LogP contribution in [0.5, 0.6) is 5.75 Å². The largest absolute Gasteiger partial charge is 0.497 e. The molecule has 2 heterocycles. The molecule has 1 aliphatic carbocycles. The van der Waals surface area contributed by atoms with Crippen molar-refractivity contribution >= 4 is 23.0 Å². The van der Waals surface area contributed by atoms with E-state index >= 15 is 0 Å². The van der Waals surface area contributed by atoms with E-state index in [-0.39, 0.29) is 0 Å². The Morgan fingerprint density at radius 2 is 1.73 bits per heavy atom. The summed E-state index contributed by atoms with van der Waals surface area (Å²) in [5, 5.41) is 7.68. The molecular weight excluding hydrogens is 342 g/mol. The first kappa shape index (κ1) is 18.1. The number of methoxy groups -OCH3 is 1. The van der Waals surface area contributed by atoms with Crippen molar-refractivity contribution in [2.75, 3.05) is 12.4 Å². The first-order valence-corrected chi connectivity index (χ1v) is 10.7. The molecule has 1 aromatic rings. The van der Waals surface area contributed by atoms with E-state index in [1.54, 1.807) is 7.11 Å². The van der Waals surface area contributed by atoms with Crippen molar-refractivity contribution in [2.24, 2.45) is 0 Å². The van der Waals surface area contributed by atoms with Crippen LogP contribution < -0.4 is 20.3 Å². The van der Waals surface area contributed by atoms with Gasteiger partial charge in [-0.2, -0.15) is 0 Å². The van der Waals surface area contributed by atoms with E-state index in [1.165, 1.54) is 57.8 Å². The molecule has 3 aliphatic rings. The second-order valence-electron chi connectivity index (χ2n) is 8.30. The van der Waals surface area contributed by atoms with Gasteiger partial charge in [-0.15, -0.1) is 0 Å². The molecule has 3 fully saturated rings. The quantitative estimate of drug-likeness (QED) is 0.709. The van der Waals surface area contributed by atoms with Gasteiger partial charge in [-0.05, 0) is 69.3 Å². The zero-order valence-corrected chi connectivity index (χ0v) is 16.6. The van der Waals surface area contributed by atoms with E-state index in [9.17, 15) is 0 Å². The van der Waals surface area contributed by atoms with Gasteiger partial charge in [0.05, 0.1) is 25.2 Å². The maximum absolute atomic E-state index is 5.59. The number of nitrogens with one attached hydrogen (secondary N) is 3. The van der Waals surface area contributed by atoms with Crippen molar-refractivity contribution < 1.29 is 9.64 Å². The van der Waals surface area contributed by atoms with Crippen LogP contribution in [0.1, 0.15) is 57.8 Å². The molecule has 0 unspecified atom stereocenters. The van der Waals surface area contributed by atoms with Gasteiger partial charge in [0.25, 0.3) is 0 Å². The Balaban J connectivity index is 1.35. The van der Waals surface area contributed by atoms with Crippen molar-refractivity contribution in [2.45, 2.75) is 82.0 Å². The molecule has 0 amide bonds. The zero-order valence-electron chi connectivity index (χ0n) is 15.8. The predicted molar refractivity (Wildman–Crippen MR) is 110 cm³/mol. The smallest absolute Gasteiger partial charge is 0.171 e. The molecule has 26 heavy (non-hydrogen) atoms. The fraction of sp³-hybridized carbons (Fsp3) is 0.667. The molecule has 4 rings (SSSR count). The summed E-state index contributed by atoms with van der Waals surface area (Å²) in [6.45, 7) is 0. The van der Waals surface area contributed by atoms with Crippen molar-refractivity contribution in [3.05, 3.63) is 24.3 Å². The van der Waals surface area contributed by atoms with Crippen LogP contribution in [0.15, 0.2) is 24.3 Å². The van der Waals surface area contributed by atoms with Gasteiger partial charge in [0, 0.05) is 30.6 Å². The van der Waals surface area contributed by atoms with Crippen molar-refractivity contribution in [1.82, 2.24) is 5.32 Å². The van der Waals surface area contributed by atoms with Crippen LogP contribution in [0.25, 0.3) is 0 Å². The highest BCUT2D eigenvalue weighted by molar-refractivity contribution is 7.80. The number of piperidine rings is 2. The van der Waals surface area contributed by atoms with Gasteiger partial charge in [-0.25, -0.2) is 0 Å². The summed E-state index contributed by atoms with van der Waals surface area (Å²) in [5.41, 5.74) is 0.982. The number of quaternary nitrogens is 1. The summed E-state index contributed by atoms with van der Waals surface area (Å²) in [4.78, 5) is 1.96. The van der Waals surface area contributed by atoms with Crippen LogP contribution in [-0.4, -0.2) is 36.4 Å². The third-order valence-corrected chi connectivity index (χ3v) is 6.90. The molecule has 0 radical (unpaired) electrons. The van der Waals surface area contributed by atoms with E-state index < -0.39 is 0 Å². The molecule has 1 aromatic carbocycles. The predicted octanol–water partition coefficient (Wildman–Crippen LogP) is 2.89. The fourth-order valence-corrected chi connectivity index (χ4v) is 5.95. The number of hydrogen-bond acceptors (Lipinski definition) is 2. The topological polar surface area (TPSA) is 37.7 Å². The van der Waals surface area contributed by atoms with Crippen LogP contribution in [-0.2, 0) is 0 Å². The van der Waals surface area contributed by atoms with E-state index in [0.29, 0.717) is 6.04 Å². The number of hydrogen-bond donors (Lipinski definition) is 3. The normalized spacial score (nSPS) is 31.4. The Labute approximate surface area is 162 Å². The second kappa shape index (κ2) is 8.13. The SMILES string of the molecule is COc1cccc(NC(=S)NC2C[C@H]3CCC[C@H](C2)[NH+]3C2CCCC2)c1. The molecule has 1 saturated carbocycles. The third kappa shape index (κ3) is 3.99. The maximum atomic E-state index is 5.59. The summed E-state index contributed by atoms with van der Waals surface area (Å²) in [7, 11) is 1.69. The van der Waals surface area contributed by atoms with Crippen molar-refractivity contribution in [3.63, 3.8) is 0 Å². The van der Waals surface area contributed by atoms with Crippen LogP contribution >= 0.6 is 12.2 Å².